The molecule has 124 valence electrons. The molecule has 1 aromatic heterocycles. The van der Waals surface area contributed by atoms with Crippen LogP contribution in [0.2, 0.25) is 0 Å². The van der Waals surface area contributed by atoms with Gasteiger partial charge >= 0.3 is 5.97 Å². The molecule has 1 aliphatic rings. The summed E-state index contributed by atoms with van der Waals surface area (Å²) in [6.07, 6.45) is 3.54. The zero-order chi connectivity index (χ0) is 17.1. The molecule has 0 radical (unpaired) electrons. The molecule has 3 rings (SSSR count). The van der Waals surface area contributed by atoms with E-state index in [0.29, 0.717) is 10.4 Å². The number of anilines is 1. The van der Waals surface area contributed by atoms with Gasteiger partial charge in [0.1, 0.15) is 5.76 Å². The number of hydrogen-bond acceptors (Lipinski definition) is 4. The van der Waals surface area contributed by atoms with Crippen LogP contribution in [-0.2, 0) is 20.7 Å². The summed E-state index contributed by atoms with van der Waals surface area (Å²) in [7, 11) is 0. The van der Waals surface area contributed by atoms with Crippen LogP contribution in [0.5, 0.6) is 0 Å². The van der Waals surface area contributed by atoms with Gasteiger partial charge in [0.05, 0.1) is 0 Å². The lowest BCUT2D eigenvalue weighted by Crippen LogP contribution is -2.38. The molecule has 0 saturated carbocycles. The molecule has 0 spiro atoms. The monoisotopic (exact) mass is 389 g/mol. The summed E-state index contributed by atoms with van der Waals surface area (Å²) in [6, 6.07) is 11.3. The van der Waals surface area contributed by atoms with Gasteiger partial charge in [-0.2, -0.15) is 0 Å². The first kappa shape index (κ1) is 16.5. The van der Waals surface area contributed by atoms with Gasteiger partial charge in [-0.05, 0) is 59.1 Å². The minimum absolute atomic E-state index is 0.0598. The molecule has 5 nitrogen and oxygen atoms in total. The fourth-order valence-corrected chi connectivity index (χ4v) is 3.08. The predicted molar refractivity (Wildman–Crippen MR) is 93.5 cm³/mol. The number of carbonyl (C=O) groups excluding carboxylic acids is 2. The number of esters is 1. The van der Waals surface area contributed by atoms with Crippen molar-refractivity contribution in [2.24, 2.45) is 0 Å². The molecule has 0 bridgehead atoms. The van der Waals surface area contributed by atoms with E-state index in [4.69, 9.17) is 9.15 Å². The Morgan fingerprint density at radius 3 is 2.88 bits per heavy atom. The Kier molecular flexibility index (Phi) is 4.85. The maximum atomic E-state index is 12.4. The van der Waals surface area contributed by atoms with Gasteiger partial charge in [0.2, 0.25) is 0 Å². The van der Waals surface area contributed by atoms with Gasteiger partial charge in [-0.15, -0.1) is 0 Å². The molecule has 1 unspecified atom stereocenters. The van der Waals surface area contributed by atoms with Crippen molar-refractivity contribution < 1.29 is 18.7 Å². The largest absolute Gasteiger partial charge is 0.452 e. The molecule has 1 amide bonds. The van der Waals surface area contributed by atoms with E-state index in [-0.39, 0.29) is 18.6 Å². The Hall–Kier alpha value is -2.34. The lowest BCUT2D eigenvalue weighted by molar-refractivity contribution is -0.143. The van der Waals surface area contributed by atoms with Crippen molar-refractivity contribution in [1.29, 1.82) is 0 Å². The third-order valence-corrected chi connectivity index (χ3v) is 4.22. The highest BCUT2D eigenvalue weighted by atomic mass is 79.9. The van der Waals surface area contributed by atoms with Gasteiger partial charge < -0.3 is 14.1 Å². The number of hydrogen-bond donors (Lipinski definition) is 0. The average molecular weight is 390 g/mol. The first-order chi connectivity index (χ1) is 11.5. The molecule has 24 heavy (non-hydrogen) atoms. The minimum atomic E-state index is -0.587. The summed E-state index contributed by atoms with van der Waals surface area (Å²) in [6.45, 7) is 1.69. The predicted octanol–water partition coefficient (Wildman–Crippen LogP) is 3.58. The third kappa shape index (κ3) is 3.59. The molecule has 1 aliphatic heterocycles. The Bertz CT molecular complexity index is 796. The maximum Gasteiger partial charge on any atom is 0.331 e. The van der Waals surface area contributed by atoms with Crippen LogP contribution in [0.4, 0.5) is 5.69 Å². The van der Waals surface area contributed by atoms with E-state index in [2.05, 4.69) is 15.9 Å². The number of fused-ring (bicyclic) bond motifs is 1. The Morgan fingerprint density at radius 2 is 2.12 bits per heavy atom. The molecule has 2 heterocycles. The normalized spacial score (nSPS) is 16.4. The summed E-state index contributed by atoms with van der Waals surface area (Å²) < 4.78 is 10.9. The van der Waals surface area contributed by atoms with Gasteiger partial charge in [-0.3, -0.25) is 4.79 Å². The summed E-state index contributed by atoms with van der Waals surface area (Å²) in [5.41, 5.74) is 2.02. The maximum absolute atomic E-state index is 12.4. The van der Waals surface area contributed by atoms with Crippen molar-refractivity contribution in [3.05, 3.63) is 58.5 Å². The third-order valence-electron chi connectivity index (χ3n) is 3.79. The van der Waals surface area contributed by atoms with Crippen molar-refractivity contribution in [3.63, 3.8) is 0 Å². The number of amides is 1. The van der Waals surface area contributed by atoms with E-state index in [1.807, 2.05) is 31.2 Å². The second kappa shape index (κ2) is 7.05. The first-order valence-corrected chi connectivity index (χ1v) is 8.34. The number of nitrogens with zero attached hydrogens (tertiary/aromatic N) is 1. The second-order valence-electron chi connectivity index (χ2n) is 5.53. The number of carbonyl (C=O) groups is 2. The fourth-order valence-electron chi connectivity index (χ4n) is 2.76. The van der Waals surface area contributed by atoms with Crippen LogP contribution in [0.15, 0.2) is 51.6 Å². The molecular formula is C18H16BrNO4. The molecule has 0 aliphatic carbocycles. The SMILES string of the molecule is CC1Cc2ccccc2N1C(=O)COC(=O)/C=C/c1ccc(Br)o1. The summed E-state index contributed by atoms with van der Waals surface area (Å²) in [5.74, 6) is -0.293. The summed E-state index contributed by atoms with van der Waals surface area (Å²) in [5, 5.41) is 0. The Labute approximate surface area is 148 Å². The number of furan rings is 1. The van der Waals surface area contributed by atoms with E-state index in [1.165, 1.54) is 12.2 Å². The van der Waals surface area contributed by atoms with Crippen LogP contribution in [0, 0.1) is 0 Å². The smallest absolute Gasteiger partial charge is 0.331 e. The van der Waals surface area contributed by atoms with Gasteiger partial charge in [0.25, 0.3) is 5.91 Å². The number of ether oxygens (including phenoxy) is 1. The molecule has 6 heteroatoms. The van der Waals surface area contributed by atoms with E-state index in [9.17, 15) is 9.59 Å². The minimum Gasteiger partial charge on any atom is -0.452 e. The molecular weight excluding hydrogens is 374 g/mol. The zero-order valence-electron chi connectivity index (χ0n) is 13.1. The quantitative estimate of drug-likeness (QED) is 0.592. The van der Waals surface area contributed by atoms with Crippen molar-refractivity contribution in [2.45, 2.75) is 19.4 Å². The second-order valence-corrected chi connectivity index (χ2v) is 6.31. The van der Waals surface area contributed by atoms with Gasteiger partial charge in [-0.25, -0.2) is 4.79 Å². The molecule has 0 fully saturated rings. The van der Waals surface area contributed by atoms with E-state index in [0.717, 1.165) is 17.7 Å². The molecule has 1 atom stereocenters. The topological polar surface area (TPSA) is 59.8 Å². The standard InChI is InChI=1S/C18H16BrNO4/c1-12-10-13-4-2-3-5-15(13)20(12)17(21)11-23-18(22)9-7-14-6-8-16(19)24-14/h2-9,12H,10-11H2,1H3/b9-7+. The van der Waals surface area contributed by atoms with E-state index in [1.54, 1.807) is 17.0 Å². The summed E-state index contributed by atoms with van der Waals surface area (Å²) in [4.78, 5) is 25.8. The number of benzene rings is 1. The molecule has 1 aromatic carbocycles. The van der Waals surface area contributed by atoms with Crippen LogP contribution in [0.3, 0.4) is 0 Å². The number of rotatable bonds is 4. The van der Waals surface area contributed by atoms with Crippen molar-refractivity contribution >= 4 is 39.6 Å². The highest BCUT2D eigenvalue weighted by Crippen LogP contribution is 2.31. The summed E-state index contributed by atoms with van der Waals surface area (Å²) >= 11 is 3.18. The zero-order valence-corrected chi connectivity index (χ0v) is 14.7. The molecule has 0 N–H and O–H groups in total. The van der Waals surface area contributed by atoms with Crippen LogP contribution in [0.25, 0.3) is 6.08 Å². The number of halogens is 1. The molecule has 0 saturated heterocycles. The number of para-hydroxylation sites is 1. The van der Waals surface area contributed by atoms with Crippen molar-refractivity contribution in [3.8, 4) is 0 Å². The first-order valence-electron chi connectivity index (χ1n) is 7.55. The Morgan fingerprint density at radius 1 is 1.33 bits per heavy atom. The lowest BCUT2D eigenvalue weighted by Gasteiger charge is -2.22. The molecule has 2 aromatic rings. The average Bonchev–Trinajstić information content (AvgIpc) is 3.12. The van der Waals surface area contributed by atoms with Crippen molar-refractivity contribution in [1.82, 2.24) is 0 Å². The lowest BCUT2D eigenvalue weighted by atomic mass is 10.1. The Balaban J connectivity index is 1.57. The van der Waals surface area contributed by atoms with Gasteiger partial charge in [0, 0.05) is 17.8 Å². The van der Waals surface area contributed by atoms with Gasteiger partial charge in [0.15, 0.2) is 11.3 Å². The van der Waals surface area contributed by atoms with Gasteiger partial charge in [-0.1, -0.05) is 18.2 Å². The van der Waals surface area contributed by atoms with E-state index >= 15 is 0 Å². The van der Waals surface area contributed by atoms with E-state index < -0.39 is 5.97 Å². The highest BCUT2D eigenvalue weighted by molar-refractivity contribution is 9.10. The van der Waals surface area contributed by atoms with Crippen LogP contribution in [-0.4, -0.2) is 24.5 Å². The highest BCUT2D eigenvalue weighted by Gasteiger charge is 2.30. The van der Waals surface area contributed by atoms with Crippen LogP contribution < -0.4 is 4.90 Å². The fraction of sp³-hybridized carbons (Fsp3) is 0.222. The van der Waals surface area contributed by atoms with Crippen molar-refractivity contribution in [2.75, 3.05) is 11.5 Å². The van der Waals surface area contributed by atoms with Crippen LogP contribution >= 0.6 is 15.9 Å². The van der Waals surface area contributed by atoms with Crippen LogP contribution in [0.1, 0.15) is 18.2 Å².